The number of nitrogens with two attached hydrogens (primary N) is 1. The zero-order valence-electron chi connectivity index (χ0n) is 12.0. The Labute approximate surface area is 115 Å². The minimum atomic E-state index is -0.159. The molecule has 0 aliphatic carbocycles. The zero-order chi connectivity index (χ0) is 13.8. The van der Waals surface area contributed by atoms with E-state index in [1.165, 1.54) is 16.7 Å². The highest BCUT2D eigenvalue weighted by molar-refractivity contribution is 5.73. The molecule has 1 fully saturated rings. The minimum absolute atomic E-state index is 0.159. The van der Waals surface area contributed by atoms with Crippen LogP contribution in [-0.4, -0.2) is 23.9 Å². The van der Waals surface area contributed by atoms with Gasteiger partial charge in [0.25, 0.3) is 0 Å². The maximum Gasteiger partial charge on any atom is 0.217 e. The molecule has 2 N–H and O–H groups in total. The summed E-state index contributed by atoms with van der Waals surface area (Å²) in [7, 11) is 0. The number of carbonyl (C=O) groups excluding carboxylic acids is 1. The number of primary amides is 1. The Kier molecular flexibility index (Phi) is 4.59. The van der Waals surface area contributed by atoms with Gasteiger partial charge in [0.05, 0.1) is 0 Å². The van der Waals surface area contributed by atoms with Crippen molar-refractivity contribution >= 4 is 5.91 Å². The molecule has 19 heavy (non-hydrogen) atoms. The highest BCUT2D eigenvalue weighted by Crippen LogP contribution is 2.22. The van der Waals surface area contributed by atoms with Gasteiger partial charge in [-0.2, -0.15) is 0 Å². The molecule has 0 spiro atoms. The molecule has 0 atom stereocenters. The van der Waals surface area contributed by atoms with Crippen molar-refractivity contribution in [1.82, 2.24) is 4.90 Å². The SMILES string of the molecule is Cc1ccc(C)c(CN2CCC(CC(N)=O)CC2)c1. The fourth-order valence-corrected chi connectivity index (χ4v) is 2.84. The van der Waals surface area contributed by atoms with Gasteiger partial charge in [-0.1, -0.05) is 23.8 Å². The third-order valence-electron chi connectivity index (χ3n) is 4.10. The lowest BCUT2D eigenvalue weighted by molar-refractivity contribution is -0.119. The van der Waals surface area contributed by atoms with Crippen molar-refractivity contribution < 1.29 is 4.79 Å². The van der Waals surface area contributed by atoms with Crippen molar-refractivity contribution in [2.24, 2.45) is 11.7 Å². The van der Waals surface area contributed by atoms with Gasteiger partial charge in [0, 0.05) is 13.0 Å². The standard InChI is InChI=1S/C16H24N2O/c1-12-3-4-13(2)15(9-12)11-18-7-5-14(6-8-18)10-16(17)19/h3-4,9,14H,5-8,10-11H2,1-2H3,(H2,17,19). The van der Waals surface area contributed by atoms with Gasteiger partial charge < -0.3 is 5.73 Å². The number of piperidine rings is 1. The van der Waals surface area contributed by atoms with E-state index in [0.29, 0.717) is 12.3 Å². The maximum absolute atomic E-state index is 10.9. The first kappa shape index (κ1) is 14.1. The molecular formula is C16H24N2O. The largest absolute Gasteiger partial charge is 0.370 e. The van der Waals surface area contributed by atoms with Gasteiger partial charge >= 0.3 is 0 Å². The molecule has 3 nitrogen and oxygen atoms in total. The van der Waals surface area contributed by atoms with Crippen LogP contribution in [0, 0.1) is 19.8 Å². The van der Waals surface area contributed by atoms with Crippen molar-refractivity contribution in [1.29, 1.82) is 0 Å². The molecule has 0 saturated carbocycles. The third-order valence-corrected chi connectivity index (χ3v) is 4.10. The number of nitrogens with zero attached hydrogens (tertiary/aromatic N) is 1. The van der Waals surface area contributed by atoms with Crippen LogP contribution in [0.15, 0.2) is 18.2 Å². The van der Waals surface area contributed by atoms with Gasteiger partial charge in [0.1, 0.15) is 0 Å². The van der Waals surface area contributed by atoms with Crippen molar-refractivity contribution in [3.63, 3.8) is 0 Å². The molecule has 0 bridgehead atoms. The summed E-state index contributed by atoms with van der Waals surface area (Å²) in [4.78, 5) is 13.4. The Balaban J connectivity index is 1.88. The molecule has 0 aromatic heterocycles. The Morgan fingerprint density at radius 1 is 1.32 bits per heavy atom. The molecular weight excluding hydrogens is 236 g/mol. The van der Waals surface area contributed by atoms with E-state index < -0.39 is 0 Å². The lowest BCUT2D eigenvalue weighted by Crippen LogP contribution is -2.34. The lowest BCUT2D eigenvalue weighted by Gasteiger charge is -2.31. The Hall–Kier alpha value is -1.35. The van der Waals surface area contributed by atoms with Gasteiger partial charge in [-0.15, -0.1) is 0 Å². The summed E-state index contributed by atoms with van der Waals surface area (Å²) in [5.74, 6) is 0.334. The van der Waals surface area contributed by atoms with E-state index in [0.717, 1.165) is 32.5 Å². The van der Waals surface area contributed by atoms with Gasteiger partial charge in [0.15, 0.2) is 0 Å². The van der Waals surface area contributed by atoms with Crippen molar-refractivity contribution in [3.05, 3.63) is 34.9 Å². The third kappa shape index (κ3) is 4.06. The molecule has 1 aromatic carbocycles. The summed E-state index contributed by atoms with van der Waals surface area (Å²) in [6.45, 7) is 7.49. The van der Waals surface area contributed by atoms with Crippen molar-refractivity contribution in [3.8, 4) is 0 Å². The molecule has 1 aliphatic rings. The zero-order valence-corrected chi connectivity index (χ0v) is 12.0. The maximum atomic E-state index is 10.9. The number of amides is 1. The number of hydrogen-bond donors (Lipinski definition) is 1. The predicted octanol–water partition coefficient (Wildman–Crippen LogP) is 2.39. The predicted molar refractivity (Wildman–Crippen MR) is 77.7 cm³/mol. The van der Waals surface area contributed by atoms with Crippen molar-refractivity contribution in [2.75, 3.05) is 13.1 Å². The van der Waals surface area contributed by atoms with E-state index in [-0.39, 0.29) is 5.91 Å². The van der Waals surface area contributed by atoms with E-state index in [2.05, 4.69) is 36.9 Å². The van der Waals surface area contributed by atoms with Crippen LogP contribution >= 0.6 is 0 Å². The number of likely N-dealkylation sites (tertiary alicyclic amines) is 1. The molecule has 1 aliphatic heterocycles. The van der Waals surface area contributed by atoms with Crippen molar-refractivity contribution in [2.45, 2.75) is 39.7 Å². The van der Waals surface area contributed by atoms with Crippen LogP contribution < -0.4 is 5.73 Å². The van der Waals surface area contributed by atoms with E-state index in [4.69, 9.17) is 5.73 Å². The Morgan fingerprint density at radius 3 is 2.63 bits per heavy atom. The summed E-state index contributed by atoms with van der Waals surface area (Å²) in [6, 6.07) is 6.65. The summed E-state index contributed by atoms with van der Waals surface area (Å²) in [5.41, 5.74) is 9.38. The monoisotopic (exact) mass is 260 g/mol. The van der Waals surface area contributed by atoms with Crippen LogP contribution in [0.5, 0.6) is 0 Å². The second-order valence-electron chi connectivity index (χ2n) is 5.82. The molecule has 0 unspecified atom stereocenters. The highest BCUT2D eigenvalue weighted by atomic mass is 16.1. The molecule has 1 amide bonds. The smallest absolute Gasteiger partial charge is 0.217 e. The molecule has 1 saturated heterocycles. The number of carbonyl (C=O) groups is 1. The fourth-order valence-electron chi connectivity index (χ4n) is 2.84. The van der Waals surface area contributed by atoms with Gasteiger partial charge in [0.2, 0.25) is 5.91 Å². The molecule has 2 rings (SSSR count). The van der Waals surface area contributed by atoms with Crippen LogP contribution in [0.2, 0.25) is 0 Å². The number of aryl methyl sites for hydroxylation is 2. The summed E-state index contributed by atoms with van der Waals surface area (Å²) in [6.07, 6.45) is 2.74. The van der Waals surface area contributed by atoms with E-state index >= 15 is 0 Å². The number of benzene rings is 1. The molecule has 1 aromatic rings. The van der Waals surface area contributed by atoms with E-state index in [1.54, 1.807) is 0 Å². The van der Waals surface area contributed by atoms with Crippen LogP contribution in [0.4, 0.5) is 0 Å². The average Bonchev–Trinajstić information content (AvgIpc) is 2.35. The first-order valence-electron chi connectivity index (χ1n) is 7.11. The van der Waals surface area contributed by atoms with E-state index in [1.807, 2.05) is 0 Å². The topological polar surface area (TPSA) is 46.3 Å². The second-order valence-corrected chi connectivity index (χ2v) is 5.82. The van der Waals surface area contributed by atoms with Crippen LogP contribution in [-0.2, 0) is 11.3 Å². The molecule has 1 heterocycles. The molecule has 0 radical (unpaired) electrons. The molecule has 104 valence electrons. The van der Waals surface area contributed by atoms with Crippen LogP contribution in [0.3, 0.4) is 0 Å². The van der Waals surface area contributed by atoms with Gasteiger partial charge in [-0.05, 0) is 56.8 Å². The first-order chi connectivity index (χ1) is 9.04. The number of rotatable bonds is 4. The van der Waals surface area contributed by atoms with Crippen LogP contribution in [0.1, 0.15) is 36.0 Å². The quantitative estimate of drug-likeness (QED) is 0.903. The van der Waals surface area contributed by atoms with Gasteiger partial charge in [-0.25, -0.2) is 0 Å². The van der Waals surface area contributed by atoms with Gasteiger partial charge in [-0.3, -0.25) is 9.69 Å². The Morgan fingerprint density at radius 2 is 2.00 bits per heavy atom. The summed E-state index contributed by atoms with van der Waals surface area (Å²) < 4.78 is 0. The average molecular weight is 260 g/mol. The number of hydrogen-bond acceptors (Lipinski definition) is 2. The summed E-state index contributed by atoms with van der Waals surface area (Å²) >= 11 is 0. The Bertz CT molecular complexity index is 448. The summed E-state index contributed by atoms with van der Waals surface area (Å²) in [5, 5.41) is 0. The second kappa shape index (κ2) is 6.20. The highest BCUT2D eigenvalue weighted by Gasteiger charge is 2.20. The van der Waals surface area contributed by atoms with Crippen LogP contribution in [0.25, 0.3) is 0 Å². The minimum Gasteiger partial charge on any atom is -0.370 e. The van der Waals surface area contributed by atoms with E-state index in [9.17, 15) is 4.79 Å². The fraction of sp³-hybridized carbons (Fsp3) is 0.562. The normalized spacial score (nSPS) is 17.6. The lowest BCUT2D eigenvalue weighted by atomic mass is 9.93. The molecule has 3 heteroatoms. The first-order valence-corrected chi connectivity index (χ1v) is 7.11.